The van der Waals surface area contributed by atoms with Gasteiger partial charge in [-0.3, -0.25) is 4.79 Å². The fraction of sp³-hybridized carbons (Fsp3) is 0.316. The van der Waals surface area contributed by atoms with Crippen LogP contribution in [0.2, 0.25) is 0 Å². The van der Waals surface area contributed by atoms with Crippen molar-refractivity contribution in [1.82, 2.24) is 0 Å². The Morgan fingerprint density at radius 1 is 1.27 bits per heavy atom. The number of hydrogen-bond acceptors (Lipinski definition) is 3. The molecule has 0 amide bonds. The number of benzene rings is 1. The van der Waals surface area contributed by atoms with Gasteiger partial charge < -0.3 is 9.84 Å². The third-order valence-corrected chi connectivity index (χ3v) is 3.32. The van der Waals surface area contributed by atoms with Gasteiger partial charge in [-0.15, -0.1) is 18.8 Å². The second-order valence-corrected chi connectivity index (χ2v) is 5.13. The smallest absolute Gasteiger partial charge is 0.313 e. The fourth-order valence-electron chi connectivity index (χ4n) is 1.92. The molecule has 0 saturated carbocycles. The van der Waals surface area contributed by atoms with Crippen molar-refractivity contribution in [2.45, 2.75) is 25.4 Å². The van der Waals surface area contributed by atoms with Crippen LogP contribution in [0.1, 0.15) is 25.3 Å². The number of rotatable bonds is 4. The zero-order valence-corrected chi connectivity index (χ0v) is 12.7. The first-order valence-electron chi connectivity index (χ1n) is 6.69. The largest absolute Gasteiger partial charge is 0.469 e. The zero-order chi connectivity index (χ0) is 16.6. The highest BCUT2D eigenvalue weighted by atomic mass is 16.5. The summed E-state index contributed by atoms with van der Waals surface area (Å²) in [5.74, 6) is 9.71. The van der Waals surface area contributed by atoms with Crippen LogP contribution in [-0.4, -0.2) is 18.2 Å². The van der Waals surface area contributed by atoms with E-state index in [1.54, 1.807) is 31.2 Å². The maximum Gasteiger partial charge on any atom is 0.313 e. The Kier molecular flexibility index (Phi) is 5.82. The van der Waals surface area contributed by atoms with Crippen molar-refractivity contribution < 1.29 is 14.6 Å². The van der Waals surface area contributed by atoms with Crippen molar-refractivity contribution in [2.75, 3.05) is 7.11 Å². The average Bonchev–Trinajstić information content (AvgIpc) is 2.54. The molecule has 112 valence electrons. The van der Waals surface area contributed by atoms with Crippen molar-refractivity contribution in [3.63, 3.8) is 0 Å². The van der Waals surface area contributed by atoms with E-state index in [0.717, 1.165) is 0 Å². The van der Waals surface area contributed by atoms with E-state index in [1.165, 1.54) is 7.11 Å². The lowest BCUT2D eigenvalue weighted by molar-refractivity contribution is -0.151. The predicted molar refractivity (Wildman–Crippen MR) is 85.1 cm³/mol. The van der Waals surface area contributed by atoms with Crippen molar-refractivity contribution in [3.8, 4) is 36.5 Å². The monoisotopic (exact) mass is 294 g/mol. The minimum atomic E-state index is -1.70. The number of hydrogen-bond donors (Lipinski definition) is 1. The van der Waals surface area contributed by atoms with Gasteiger partial charge in [0.2, 0.25) is 5.60 Å². The van der Waals surface area contributed by atoms with Crippen molar-refractivity contribution >= 4 is 5.97 Å². The SMILES string of the molecule is C#CCC(C)(CC#CC(O)(C#C)c1ccccc1)C(=O)OC. The second-order valence-electron chi connectivity index (χ2n) is 5.13. The molecule has 0 spiro atoms. The van der Waals surface area contributed by atoms with Crippen LogP contribution < -0.4 is 0 Å². The Morgan fingerprint density at radius 3 is 2.41 bits per heavy atom. The molecular formula is C19H18O3. The molecule has 0 aliphatic heterocycles. The molecule has 1 N–H and O–H groups in total. The van der Waals surface area contributed by atoms with Gasteiger partial charge in [-0.1, -0.05) is 42.2 Å². The summed E-state index contributed by atoms with van der Waals surface area (Å²) < 4.78 is 4.76. The lowest BCUT2D eigenvalue weighted by Gasteiger charge is -2.22. The van der Waals surface area contributed by atoms with Gasteiger partial charge in [-0.25, -0.2) is 0 Å². The van der Waals surface area contributed by atoms with Crippen LogP contribution in [0.3, 0.4) is 0 Å². The number of esters is 1. The summed E-state index contributed by atoms with van der Waals surface area (Å²) in [6.45, 7) is 1.67. The van der Waals surface area contributed by atoms with Crippen molar-refractivity contribution in [3.05, 3.63) is 35.9 Å². The Bertz CT molecular complexity index is 667. The van der Waals surface area contributed by atoms with Crippen molar-refractivity contribution in [1.29, 1.82) is 0 Å². The predicted octanol–water partition coefficient (Wildman–Crippen LogP) is 2.10. The Morgan fingerprint density at radius 2 is 1.91 bits per heavy atom. The van der Waals surface area contributed by atoms with Crippen LogP contribution in [-0.2, 0) is 15.1 Å². The van der Waals surface area contributed by atoms with Gasteiger partial charge in [0.25, 0.3) is 0 Å². The molecule has 1 rings (SSSR count). The molecule has 0 saturated heterocycles. The minimum Gasteiger partial charge on any atom is -0.469 e. The van der Waals surface area contributed by atoms with E-state index >= 15 is 0 Å². The number of aliphatic hydroxyl groups is 1. The van der Waals surface area contributed by atoms with Crippen LogP contribution in [0.4, 0.5) is 0 Å². The first kappa shape index (κ1) is 17.4. The lowest BCUT2D eigenvalue weighted by Crippen LogP contribution is -2.28. The topological polar surface area (TPSA) is 46.5 Å². The Labute approximate surface area is 131 Å². The molecule has 0 aliphatic carbocycles. The molecule has 0 fully saturated rings. The molecule has 1 aromatic rings. The fourth-order valence-corrected chi connectivity index (χ4v) is 1.92. The summed E-state index contributed by atoms with van der Waals surface area (Å²) >= 11 is 0. The standard InChI is InChI=1S/C19H18O3/c1-5-13-18(3,17(20)22-4)14-10-15-19(21,6-2)16-11-8-7-9-12-16/h1-2,7-9,11-12,21H,13-14H2,3-4H3. The molecule has 1 aromatic carbocycles. The van der Waals surface area contributed by atoms with Gasteiger partial charge in [0.15, 0.2) is 0 Å². The molecule has 0 bridgehead atoms. The second kappa shape index (κ2) is 7.37. The Hall–Kier alpha value is -2.67. The number of carbonyl (C=O) groups is 1. The van der Waals surface area contributed by atoms with Gasteiger partial charge in [-0.05, 0) is 12.8 Å². The normalized spacial score (nSPS) is 15.0. The summed E-state index contributed by atoms with van der Waals surface area (Å²) in [6.07, 6.45) is 11.0. The molecule has 0 aliphatic rings. The highest BCUT2D eigenvalue weighted by Crippen LogP contribution is 2.27. The molecule has 22 heavy (non-hydrogen) atoms. The van der Waals surface area contributed by atoms with Gasteiger partial charge in [0.1, 0.15) is 0 Å². The summed E-state index contributed by atoms with van der Waals surface area (Å²) in [4.78, 5) is 11.8. The number of ether oxygens (including phenoxy) is 1. The molecule has 0 aromatic heterocycles. The van der Waals surface area contributed by atoms with Crippen LogP contribution in [0.15, 0.2) is 30.3 Å². The summed E-state index contributed by atoms with van der Waals surface area (Å²) in [5, 5.41) is 10.4. The number of methoxy groups -OCH3 is 1. The van der Waals surface area contributed by atoms with Gasteiger partial charge in [0, 0.05) is 18.4 Å². The molecule has 2 unspecified atom stereocenters. The molecule has 3 nitrogen and oxygen atoms in total. The van der Waals surface area contributed by atoms with E-state index in [4.69, 9.17) is 17.6 Å². The maximum absolute atomic E-state index is 11.8. The molecule has 0 heterocycles. The van der Waals surface area contributed by atoms with Crippen LogP contribution in [0, 0.1) is 41.9 Å². The van der Waals surface area contributed by atoms with E-state index in [1.807, 2.05) is 6.07 Å². The lowest BCUT2D eigenvalue weighted by atomic mass is 9.83. The third kappa shape index (κ3) is 3.92. The van der Waals surface area contributed by atoms with Crippen molar-refractivity contribution in [2.24, 2.45) is 5.41 Å². The highest BCUT2D eigenvalue weighted by Gasteiger charge is 2.33. The zero-order valence-electron chi connectivity index (χ0n) is 12.7. The van der Waals surface area contributed by atoms with E-state index < -0.39 is 17.0 Å². The van der Waals surface area contributed by atoms with E-state index in [2.05, 4.69) is 23.7 Å². The van der Waals surface area contributed by atoms with Gasteiger partial charge in [0.05, 0.1) is 12.5 Å². The van der Waals surface area contributed by atoms with Gasteiger partial charge in [-0.2, -0.15) is 0 Å². The van der Waals surface area contributed by atoms with E-state index in [0.29, 0.717) is 5.56 Å². The minimum absolute atomic E-state index is 0.140. The molecule has 0 radical (unpaired) electrons. The first-order chi connectivity index (χ1) is 10.4. The number of carbonyl (C=O) groups excluding carboxylic acids is 1. The highest BCUT2D eigenvalue weighted by molar-refractivity contribution is 5.77. The average molecular weight is 294 g/mol. The molecule has 2 atom stereocenters. The van der Waals surface area contributed by atoms with E-state index in [9.17, 15) is 9.90 Å². The quantitative estimate of drug-likeness (QED) is 0.683. The number of terminal acetylenes is 2. The van der Waals surface area contributed by atoms with E-state index in [-0.39, 0.29) is 12.8 Å². The molecular weight excluding hydrogens is 276 g/mol. The Balaban J connectivity index is 3.04. The van der Waals surface area contributed by atoms with Crippen LogP contribution >= 0.6 is 0 Å². The maximum atomic E-state index is 11.8. The van der Waals surface area contributed by atoms with Gasteiger partial charge >= 0.3 is 5.97 Å². The van der Waals surface area contributed by atoms with Crippen LogP contribution in [0.5, 0.6) is 0 Å². The first-order valence-corrected chi connectivity index (χ1v) is 6.69. The molecule has 3 heteroatoms. The summed E-state index contributed by atoms with van der Waals surface area (Å²) in [6, 6.07) is 8.71. The summed E-state index contributed by atoms with van der Waals surface area (Å²) in [7, 11) is 1.30. The third-order valence-electron chi connectivity index (χ3n) is 3.32. The summed E-state index contributed by atoms with van der Waals surface area (Å²) in [5.41, 5.74) is -2.13. The van der Waals surface area contributed by atoms with Crippen LogP contribution in [0.25, 0.3) is 0 Å².